The predicted octanol–water partition coefficient (Wildman–Crippen LogP) is 4.26. The summed E-state index contributed by atoms with van der Waals surface area (Å²) in [6, 6.07) is 10.1. The smallest absolute Gasteiger partial charge is 0.223 e. The minimum absolute atomic E-state index is 0.129. The Morgan fingerprint density at radius 1 is 0.884 bits per heavy atom. The number of likely N-dealkylation sites (tertiary alicyclic amines) is 1. The van der Waals surface area contributed by atoms with Gasteiger partial charge in [-0.1, -0.05) is 12.1 Å². The van der Waals surface area contributed by atoms with Crippen molar-refractivity contribution in [2.45, 2.75) is 62.3 Å². The summed E-state index contributed by atoms with van der Waals surface area (Å²) in [6.07, 6.45) is 6.45. The standard InChI is InChI=1S/C31H43F2N3O5S2/c1-4-36(31(37)19-23-9-17-35(18-10-23)43(3,40)41)28-11-14-34(15-12-28)16-13-30(25-20-26(32)22-27(33)21-25)24-5-7-29(8-6-24)42(2,38)39/h5-8,20-23,28,30H,4,9-19H2,1-3H3/t30-/m1/s1. The molecule has 2 aromatic carbocycles. The first-order valence-corrected chi connectivity index (χ1v) is 18.7. The number of nitrogens with zero attached hydrogens (tertiary/aromatic N) is 3. The minimum atomic E-state index is -3.37. The third-order valence-electron chi connectivity index (χ3n) is 8.90. The van der Waals surface area contributed by atoms with E-state index in [1.54, 1.807) is 12.1 Å². The zero-order valence-electron chi connectivity index (χ0n) is 25.2. The highest BCUT2D eigenvalue weighted by Crippen LogP contribution is 2.31. The molecule has 1 amide bonds. The first kappa shape index (κ1) is 33.5. The number of benzene rings is 2. The second-order valence-corrected chi connectivity index (χ2v) is 15.9. The molecule has 2 saturated heterocycles. The molecule has 1 atom stereocenters. The van der Waals surface area contributed by atoms with Gasteiger partial charge in [0, 0.05) is 63.4 Å². The highest BCUT2D eigenvalue weighted by molar-refractivity contribution is 7.90. The summed E-state index contributed by atoms with van der Waals surface area (Å²) in [5.74, 6) is -1.31. The lowest BCUT2D eigenvalue weighted by Crippen LogP contribution is -2.48. The number of carbonyl (C=O) groups is 1. The van der Waals surface area contributed by atoms with Crippen LogP contribution in [-0.2, 0) is 24.7 Å². The van der Waals surface area contributed by atoms with Gasteiger partial charge < -0.3 is 9.80 Å². The van der Waals surface area contributed by atoms with Gasteiger partial charge in [-0.3, -0.25) is 4.79 Å². The van der Waals surface area contributed by atoms with E-state index in [1.807, 2.05) is 11.8 Å². The number of sulfone groups is 1. The molecule has 0 aliphatic carbocycles. The SMILES string of the molecule is CCN(C(=O)CC1CCN(S(C)(=O)=O)CC1)C1CCN(CC[C@H](c2ccc(S(C)(=O)=O)cc2)c2cc(F)cc(F)c2)CC1. The average molecular weight is 640 g/mol. The van der Waals surface area contributed by atoms with E-state index in [2.05, 4.69) is 4.90 Å². The van der Waals surface area contributed by atoms with Gasteiger partial charge in [-0.25, -0.2) is 29.9 Å². The van der Waals surface area contributed by atoms with Crippen LogP contribution in [0.4, 0.5) is 8.78 Å². The Labute approximate surface area is 255 Å². The first-order chi connectivity index (χ1) is 20.2. The van der Waals surface area contributed by atoms with Crippen LogP contribution in [-0.4, -0.2) is 94.7 Å². The lowest BCUT2D eigenvalue weighted by Gasteiger charge is -2.39. The number of sulfonamides is 1. The molecule has 43 heavy (non-hydrogen) atoms. The van der Waals surface area contributed by atoms with E-state index in [-0.39, 0.29) is 28.7 Å². The maximum atomic E-state index is 14.2. The molecule has 0 saturated carbocycles. The number of rotatable bonds is 11. The molecule has 2 aliphatic rings. The lowest BCUT2D eigenvalue weighted by molar-refractivity contribution is -0.135. The van der Waals surface area contributed by atoms with Crippen LogP contribution in [0.5, 0.6) is 0 Å². The molecule has 4 rings (SSSR count). The summed E-state index contributed by atoms with van der Waals surface area (Å²) in [5.41, 5.74) is 1.29. The van der Waals surface area contributed by atoms with Crippen LogP contribution >= 0.6 is 0 Å². The highest BCUT2D eigenvalue weighted by atomic mass is 32.2. The molecule has 2 aromatic rings. The highest BCUT2D eigenvalue weighted by Gasteiger charge is 2.31. The molecular formula is C31H43F2N3O5S2. The maximum absolute atomic E-state index is 14.2. The molecular weight excluding hydrogens is 596 g/mol. The molecule has 0 radical (unpaired) electrons. The molecule has 0 bridgehead atoms. The minimum Gasteiger partial charge on any atom is -0.340 e. The third kappa shape index (κ3) is 9.06. The fourth-order valence-corrected chi connectivity index (χ4v) is 7.97. The summed E-state index contributed by atoms with van der Waals surface area (Å²) < 4.78 is 77.3. The summed E-state index contributed by atoms with van der Waals surface area (Å²) in [7, 11) is -6.57. The fourth-order valence-electron chi connectivity index (χ4n) is 6.46. The normalized spacial score (nSPS) is 18.9. The van der Waals surface area contributed by atoms with Crippen LogP contribution in [0.25, 0.3) is 0 Å². The van der Waals surface area contributed by atoms with E-state index in [4.69, 9.17) is 0 Å². The Hall–Kier alpha value is -2.41. The van der Waals surface area contributed by atoms with Gasteiger partial charge in [-0.15, -0.1) is 0 Å². The van der Waals surface area contributed by atoms with E-state index in [0.717, 1.165) is 43.8 Å². The number of piperidine rings is 2. The summed E-state index contributed by atoms with van der Waals surface area (Å²) in [4.78, 5) is 17.7. The quantitative estimate of drug-likeness (QED) is 0.365. The van der Waals surface area contributed by atoms with E-state index in [1.165, 1.54) is 34.8 Å². The van der Waals surface area contributed by atoms with Gasteiger partial charge in [0.25, 0.3) is 0 Å². The molecule has 238 valence electrons. The van der Waals surface area contributed by atoms with Gasteiger partial charge in [0.15, 0.2) is 9.84 Å². The van der Waals surface area contributed by atoms with Crippen LogP contribution in [0, 0.1) is 17.6 Å². The van der Waals surface area contributed by atoms with Gasteiger partial charge in [-0.2, -0.15) is 0 Å². The average Bonchev–Trinajstić information content (AvgIpc) is 2.93. The van der Waals surface area contributed by atoms with Crippen molar-refractivity contribution >= 4 is 25.8 Å². The molecule has 0 aromatic heterocycles. The molecule has 0 N–H and O–H groups in total. The molecule has 8 nitrogen and oxygen atoms in total. The van der Waals surface area contributed by atoms with Gasteiger partial charge in [0.1, 0.15) is 11.6 Å². The van der Waals surface area contributed by atoms with Gasteiger partial charge in [0.2, 0.25) is 15.9 Å². The lowest BCUT2D eigenvalue weighted by atomic mass is 9.88. The summed E-state index contributed by atoms with van der Waals surface area (Å²) in [6.45, 7) is 5.81. The monoisotopic (exact) mass is 639 g/mol. The fraction of sp³-hybridized carbons (Fsp3) is 0.581. The van der Waals surface area contributed by atoms with Crippen molar-refractivity contribution in [3.05, 3.63) is 65.2 Å². The zero-order valence-corrected chi connectivity index (χ0v) is 26.8. The van der Waals surface area contributed by atoms with Crippen molar-refractivity contribution < 1.29 is 30.4 Å². The zero-order chi connectivity index (χ0) is 31.4. The van der Waals surface area contributed by atoms with Gasteiger partial charge in [0.05, 0.1) is 11.2 Å². The van der Waals surface area contributed by atoms with Crippen molar-refractivity contribution in [2.24, 2.45) is 5.92 Å². The van der Waals surface area contributed by atoms with E-state index in [9.17, 15) is 30.4 Å². The molecule has 0 unspecified atom stereocenters. The Balaban J connectivity index is 1.35. The first-order valence-electron chi connectivity index (χ1n) is 15.0. The molecule has 0 spiro atoms. The second kappa shape index (κ2) is 14.1. The molecule has 12 heteroatoms. The van der Waals surface area contributed by atoms with Crippen LogP contribution in [0.2, 0.25) is 0 Å². The van der Waals surface area contributed by atoms with Crippen LogP contribution < -0.4 is 0 Å². The predicted molar refractivity (Wildman–Crippen MR) is 163 cm³/mol. The maximum Gasteiger partial charge on any atom is 0.223 e. The van der Waals surface area contributed by atoms with Crippen molar-refractivity contribution in [3.63, 3.8) is 0 Å². The molecule has 2 aliphatic heterocycles. The number of hydrogen-bond acceptors (Lipinski definition) is 6. The Morgan fingerprint density at radius 3 is 1.98 bits per heavy atom. The van der Waals surface area contributed by atoms with Gasteiger partial charge in [-0.05, 0) is 86.9 Å². The Morgan fingerprint density at radius 2 is 1.47 bits per heavy atom. The van der Waals surface area contributed by atoms with Crippen molar-refractivity contribution in [1.29, 1.82) is 0 Å². The van der Waals surface area contributed by atoms with Crippen LogP contribution in [0.3, 0.4) is 0 Å². The number of halogens is 2. The van der Waals surface area contributed by atoms with Crippen molar-refractivity contribution in [1.82, 2.24) is 14.1 Å². The number of amides is 1. The van der Waals surface area contributed by atoms with E-state index in [0.29, 0.717) is 57.4 Å². The Kier molecular flexibility index (Phi) is 11.0. The number of carbonyl (C=O) groups excluding carboxylic acids is 1. The second-order valence-electron chi connectivity index (χ2n) is 11.9. The topological polar surface area (TPSA) is 95.1 Å². The van der Waals surface area contributed by atoms with Crippen LogP contribution in [0.15, 0.2) is 47.4 Å². The van der Waals surface area contributed by atoms with E-state index < -0.39 is 31.5 Å². The molecule has 2 fully saturated rings. The van der Waals surface area contributed by atoms with Crippen molar-refractivity contribution in [2.75, 3.05) is 51.8 Å². The third-order valence-corrected chi connectivity index (χ3v) is 11.3. The Bertz CT molecular complexity index is 1450. The van der Waals surface area contributed by atoms with E-state index >= 15 is 0 Å². The van der Waals surface area contributed by atoms with Gasteiger partial charge >= 0.3 is 0 Å². The van der Waals surface area contributed by atoms with Crippen LogP contribution in [0.1, 0.15) is 62.5 Å². The number of hydrogen-bond donors (Lipinski definition) is 0. The molecule has 2 heterocycles. The largest absolute Gasteiger partial charge is 0.340 e. The van der Waals surface area contributed by atoms with Crippen molar-refractivity contribution in [3.8, 4) is 0 Å². The summed E-state index contributed by atoms with van der Waals surface area (Å²) in [5, 5.41) is 0. The summed E-state index contributed by atoms with van der Waals surface area (Å²) >= 11 is 0.